The van der Waals surface area contributed by atoms with Gasteiger partial charge in [0.15, 0.2) is 11.2 Å². The fourth-order valence-corrected chi connectivity index (χ4v) is 2.90. The summed E-state index contributed by atoms with van der Waals surface area (Å²) in [6.07, 6.45) is -0.786. The molecule has 0 aliphatic heterocycles. The molecule has 30 heavy (non-hydrogen) atoms. The zero-order valence-electron chi connectivity index (χ0n) is 16.5. The Morgan fingerprint density at radius 2 is 1.63 bits per heavy atom. The Hall–Kier alpha value is -3.65. The number of fused-ring (bicyclic) bond motifs is 1. The van der Waals surface area contributed by atoms with Crippen LogP contribution in [0.2, 0.25) is 0 Å². The second-order valence-electron chi connectivity index (χ2n) is 6.37. The smallest absolute Gasteiger partial charge is 0.279 e. The van der Waals surface area contributed by atoms with Crippen LogP contribution in [0.25, 0.3) is 10.8 Å². The van der Waals surface area contributed by atoms with Gasteiger partial charge in [0.25, 0.3) is 11.8 Å². The molecule has 3 N–H and O–H groups in total. The summed E-state index contributed by atoms with van der Waals surface area (Å²) in [7, 11) is 1.47. The second kappa shape index (κ2) is 9.71. The molecule has 154 valence electrons. The van der Waals surface area contributed by atoms with Crippen LogP contribution in [0.4, 0.5) is 0 Å². The van der Waals surface area contributed by atoms with Gasteiger partial charge >= 0.3 is 0 Å². The molecule has 3 aromatic rings. The number of nitrogens with one attached hydrogen (secondary N) is 3. The quantitative estimate of drug-likeness (QED) is 0.432. The number of rotatable bonds is 5. The predicted molar refractivity (Wildman–Crippen MR) is 118 cm³/mol. The summed E-state index contributed by atoms with van der Waals surface area (Å²) in [5, 5.41) is 4.52. The highest BCUT2D eigenvalue weighted by atomic mass is 32.1. The number of ether oxygens (including phenoxy) is 2. The highest BCUT2D eigenvalue weighted by Gasteiger charge is 2.16. The standard InChI is InChI=1S/C22H21N3O4S/c1-14(29-17-12-11-15-7-3-4-8-16(15)13-17)20(26)24-25-22(30)23-21(27)18-9-5-6-10-19(18)28-2/h3-14H,1-2H3,(H,24,26)(H2,23,25,27,30). The summed E-state index contributed by atoms with van der Waals surface area (Å²) in [6.45, 7) is 1.61. The lowest BCUT2D eigenvalue weighted by Gasteiger charge is -2.17. The van der Waals surface area contributed by atoms with E-state index < -0.39 is 17.9 Å². The summed E-state index contributed by atoms with van der Waals surface area (Å²) in [5.41, 5.74) is 5.24. The van der Waals surface area contributed by atoms with Crippen LogP contribution in [0.5, 0.6) is 11.5 Å². The number of benzene rings is 3. The van der Waals surface area contributed by atoms with E-state index in [-0.39, 0.29) is 5.11 Å². The van der Waals surface area contributed by atoms with E-state index in [4.69, 9.17) is 21.7 Å². The van der Waals surface area contributed by atoms with Crippen molar-refractivity contribution in [3.8, 4) is 11.5 Å². The van der Waals surface area contributed by atoms with Crippen molar-refractivity contribution in [1.82, 2.24) is 16.2 Å². The molecule has 0 fully saturated rings. The van der Waals surface area contributed by atoms with Crippen molar-refractivity contribution in [3.63, 3.8) is 0 Å². The van der Waals surface area contributed by atoms with Gasteiger partial charge in [-0.2, -0.15) is 0 Å². The van der Waals surface area contributed by atoms with Crippen LogP contribution in [0.1, 0.15) is 17.3 Å². The van der Waals surface area contributed by atoms with E-state index in [9.17, 15) is 9.59 Å². The molecule has 3 rings (SSSR count). The van der Waals surface area contributed by atoms with E-state index in [1.807, 2.05) is 36.4 Å². The molecular formula is C22H21N3O4S. The van der Waals surface area contributed by atoms with Gasteiger partial charge in [-0.3, -0.25) is 25.8 Å². The maximum atomic E-state index is 12.3. The van der Waals surface area contributed by atoms with Gasteiger partial charge in [-0.05, 0) is 54.2 Å². The van der Waals surface area contributed by atoms with Gasteiger partial charge in [0.05, 0.1) is 12.7 Å². The number of amides is 2. The molecule has 7 nitrogen and oxygen atoms in total. The van der Waals surface area contributed by atoms with Gasteiger partial charge in [0.2, 0.25) is 0 Å². The second-order valence-corrected chi connectivity index (χ2v) is 6.78. The number of thiocarbonyl (C=S) groups is 1. The molecule has 0 radical (unpaired) electrons. The zero-order valence-corrected chi connectivity index (χ0v) is 17.3. The van der Waals surface area contributed by atoms with Crippen molar-refractivity contribution in [2.45, 2.75) is 13.0 Å². The fraction of sp³-hybridized carbons (Fsp3) is 0.136. The molecule has 1 unspecified atom stereocenters. The number of carbonyl (C=O) groups excluding carboxylic acids is 2. The topological polar surface area (TPSA) is 88.7 Å². The molecule has 2 amide bonds. The summed E-state index contributed by atoms with van der Waals surface area (Å²) in [6, 6.07) is 20.2. The maximum Gasteiger partial charge on any atom is 0.279 e. The number of hydrazine groups is 1. The first-order chi connectivity index (χ1) is 14.5. The molecule has 1 atom stereocenters. The van der Waals surface area contributed by atoms with Crippen molar-refractivity contribution < 1.29 is 19.1 Å². The van der Waals surface area contributed by atoms with E-state index >= 15 is 0 Å². The lowest BCUT2D eigenvalue weighted by molar-refractivity contribution is -0.127. The lowest BCUT2D eigenvalue weighted by Crippen LogP contribution is -2.51. The summed E-state index contributed by atoms with van der Waals surface area (Å²) >= 11 is 5.06. The van der Waals surface area contributed by atoms with Gasteiger partial charge in [-0.25, -0.2) is 0 Å². The molecule has 0 spiro atoms. The first-order valence-electron chi connectivity index (χ1n) is 9.17. The molecule has 8 heteroatoms. The Labute approximate surface area is 179 Å². The monoisotopic (exact) mass is 423 g/mol. The molecular weight excluding hydrogens is 402 g/mol. The summed E-state index contributed by atoms with van der Waals surface area (Å²) in [5.74, 6) is 0.0827. The van der Waals surface area contributed by atoms with E-state index in [2.05, 4.69) is 16.2 Å². The first-order valence-corrected chi connectivity index (χ1v) is 9.58. The molecule has 0 aromatic heterocycles. The third-order valence-electron chi connectivity index (χ3n) is 4.28. The molecule has 0 saturated heterocycles. The number of methoxy groups -OCH3 is 1. The predicted octanol–water partition coefficient (Wildman–Crippen LogP) is 2.95. The normalized spacial score (nSPS) is 11.3. The van der Waals surface area contributed by atoms with Crippen molar-refractivity contribution in [2.24, 2.45) is 0 Å². The third-order valence-corrected chi connectivity index (χ3v) is 4.49. The van der Waals surface area contributed by atoms with Gasteiger partial charge in [-0.1, -0.05) is 42.5 Å². The van der Waals surface area contributed by atoms with Crippen molar-refractivity contribution >= 4 is 39.9 Å². The van der Waals surface area contributed by atoms with E-state index in [1.165, 1.54) is 7.11 Å². The maximum absolute atomic E-state index is 12.3. The Morgan fingerprint density at radius 3 is 2.40 bits per heavy atom. The number of hydrogen-bond donors (Lipinski definition) is 3. The van der Waals surface area contributed by atoms with Gasteiger partial charge in [-0.15, -0.1) is 0 Å². The lowest BCUT2D eigenvalue weighted by atomic mass is 10.1. The molecule has 0 aliphatic rings. The highest BCUT2D eigenvalue weighted by molar-refractivity contribution is 7.80. The Kier molecular flexibility index (Phi) is 6.82. The molecule has 0 bridgehead atoms. The van der Waals surface area contributed by atoms with Crippen LogP contribution >= 0.6 is 12.2 Å². The van der Waals surface area contributed by atoms with Crippen LogP contribution in [0, 0.1) is 0 Å². The van der Waals surface area contributed by atoms with Crippen LogP contribution < -0.4 is 25.6 Å². The minimum Gasteiger partial charge on any atom is -0.496 e. The van der Waals surface area contributed by atoms with Crippen molar-refractivity contribution in [1.29, 1.82) is 0 Å². The average Bonchev–Trinajstić information content (AvgIpc) is 2.77. The van der Waals surface area contributed by atoms with Crippen LogP contribution in [-0.4, -0.2) is 30.1 Å². The minimum absolute atomic E-state index is 0.0582. The first kappa shape index (κ1) is 21.1. The third kappa shape index (κ3) is 5.24. The Balaban J connectivity index is 1.51. The molecule has 0 aliphatic carbocycles. The van der Waals surface area contributed by atoms with Crippen LogP contribution in [0.15, 0.2) is 66.7 Å². The van der Waals surface area contributed by atoms with E-state index in [0.717, 1.165) is 10.8 Å². The summed E-state index contributed by atoms with van der Waals surface area (Å²) in [4.78, 5) is 24.6. The van der Waals surface area contributed by atoms with Crippen molar-refractivity contribution in [3.05, 3.63) is 72.3 Å². The Bertz CT molecular complexity index is 1090. The number of hydrogen-bond acceptors (Lipinski definition) is 5. The molecule has 3 aromatic carbocycles. The SMILES string of the molecule is COc1ccccc1C(=O)NC(=S)NNC(=O)C(C)Oc1ccc2ccccc2c1. The van der Waals surface area contributed by atoms with Gasteiger partial charge in [0.1, 0.15) is 11.5 Å². The number of carbonyl (C=O) groups is 2. The average molecular weight is 423 g/mol. The van der Waals surface area contributed by atoms with E-state index in [0.29, 0.717) is 17.1 Å². The molecule has 0 heterocycles. The number of para-hydroxylation sites is 1. The summed E-state index contributed by atoms with van der Waals surface area (Å²) < 4.78 is 10.8. The fourth-order valence-electron chi connectivity index (χ4n) is 2.75. The van der Waals surface area contributed by atoms with Gasteiger partial charge in [0, 0.05) is 0 Å². The van der Waals surface area contributed by atoms with Gasteiger partial charge < -0.3 is 9.47 Å². The van der Waals surface area contributed by atoms with E-state index in [1.54, 1.807) is 37.3 Å². The zero-order chi connectivity index (χ0) is 21.5. The van der Waals surface area contributed by atoms with Crippen LogP contribution in [-0.2, 0) is 4.79 Å². The minimum atomic E-state index is -0.786. The Morgan fingerprint density at radius 1 is 0.933 bits per heavy atom. The highest BCUT2D eigenvalue weighted by Crippen LogP contribution is 2.21. The molecule has 0 saturated carbocycles. The van der Waals surface area contributed by atoms with Crippen LogP contribution in [0.3, 0.4) is 0 Å². The van der Waals surface area contributed by atoms with Crippen molar-refractivity contribution in [2.75, 3.05) is 7.11 Å². The largest absolute Gasteiger partial charge is 0.496 e.